The van der Waals surface area contributed by atoms with E-state index >= 15 is 0 Å². The van der Waals surface area contributed by atoms with Crippen molar-refractivity contribution in [2.45, 2.75) is 38.3 Å². The minimum absolute atomic E-state index is 0.0702. The number of carboxylic acids is 1. The van der Waals surface area contributed by atoms with E-state index in [2.05, 4.69) is 5.10 Å². The summed E-state index contributed by atoms with van der Waals surface area (Å²) < 4.78 is 1.16. The third kappa shape index (κ3) is 3.77. The Labute approximate surface area is 120 Å². The molecule has 0 unspecified atom stereocenters. The minimum atomic E-state index is -1.07. The number of nitro groups is 1. The molecule has 0 saturated heterocycles. The average molecular weight is 296 g/mol. The van der Waals surface area contributed by atoms with Gasteiger partial charge in [0.2, 0.25) is 5.91 Å². The lowest BCUT2D eigenvalue weighted by Crippen LogP contribution is -2.43. The van der Waals surface area contributed by atoms with E-state index in [1.807, 2.05) is 0 Å². The Morgan fingerprint density at radius 3 is 2.67 bits per heavy atom. The Balaban J connectivity index is 2.06. The van der Waals surface area contributed by atoms with Crippen LogP contribution in [0.15, 0.2) is 12.4 Å². The number of amides is 1. The molecule has 0 aliphatic heterocycles. The molecule has 0 bridgehead atoms. The topological polar surface area (TPSA) is 119 Å². The van der Waals surface area contributed by atoms with Crippen molar-refractivity contribution in [2.24, 2.45) is 0 Å². The van der Waals surface area contributed by atoms with E-state index in [0.29, 0.717) is 0 Å². The van der Waals surface area contributed by atoms with Gasteiger partial charge in [-0.2, -0.15) is 5.10 Å². The molecule has 1 aliphatic carbocycles. The van der Waals surface area contributed by atoms with Gasteiger partial charge in [-0.05, 0) is 12.8 Å². The fourth-order valence-corrected chi connectivity index (χ4v) is 2.55. The lowest BCUT2D eigenvalue weighted by Gasteiger charge is -2.27. The van der Waals surface area contributed by atoms with Gasteiger partial charge in [0, 0.05) is 6.04 Å². The van der Waals surface area contributed by atoms with E-state index in [9.17, 15) is 19.7 Å². The van der Waals surface area contributed by atoms with Crippen LogP contribution < -0.4 is 0 Å². The average Bonchev–Trinajstić information content (AvgIpc) is 3.06. The normalized spacial score (nSPS) is 15.0. The molecule has 0 radical (unpaired) electrons. The van der Waals surface area contributed by atoms with Crippen molar-refractivity contribution < 1.29 is 19.6 Å². The van der Waals surface area contributed by atoms with Gasteiger partial charge in [0.05, 0.1) is 4.92 Å². The fourth-order valence-electron chi connectivity index (χ4n) is 2.55. The fraction of sp³-hybridized carbons (Fsp3) is 0.583. The highest BCUT2D eigenvalue weighted by atomic mass is 16.6. The Bertz CT molecular complexity index is 550. The Hall–Kier alpha value is -2.45. The van der Waals surface area contributed by atoms with Crippen molar-refractivity contribution in [1.29, 1.82) is 0 Å². The summed E-state index contributed by atoms with van der Waals surface area (Å²) >= 11 is 0. The second-order valence-corrected chi connectivity index (χ2v) is 5.01. The molecule has 0 atom stereocenters. The van der Waals surface area contributed by atoms with E-state index in [1.54, 1.807) is 0 Å². The zero-order valence-corrected chi connectivity index (χ0v) is 11.3. The van der Waals surface area contributed by atoms with Crippen molar-refractivity contribution in [3.05, 3.63) is 22.5 Å². The van der Waals surface area contributed by atoms with Crippen molar-refractivity contribution in [1.82, 2.24) is 14.7 Å². The maximum Gasteiger partial charge on any atom is 0.323 e. The monoisotopic (exact) mass is 296 g/mol. The number of hydrogen-bond acceptors (Lipinski definition) is 5. The minimum Gasteiger partial charge on any atom is -0.480 e. The van der Waals surface area contributed by atoms with Crippen molar-refractivity contribution >= 4 is 17.6 Å². The maximum atomic E-state index is 12.2. The van der Waals surface area contributed by atoms with Crippen LogP contribution >= 0.6 is 0 Å². The van der Waals surface area contributed by atoms with Crippen LogP contribution in [0.5, 0.6) is 0 Å². The summed E-state index contributed by atoms with van der Waals surface area (Å²) in [6.45, 7) is -0.551. The van der Waals surface area contributed by atoms with Crippen LogP contribution in [0, 0.1) is 10.1 Å². The molecule has 1 fully saturated rings. The van der Waals surface area contributed by atoms with Gasteiger partial charge >= 0.3 is 11.7 Å². The van der Waals surface area contributed by atoms with E-state index in [4.69, 9.17) is 5.11 Å². The number of rotatable bonds is 6. The molecular formula is C12H16N4O5. The van der Waals surface area contributed by atoms with E-state index < -0.39 is 10.9 Å². The van der Waals surface area contributed by atoms with Gasteiger partial charge in [-0.1, -0.05) is 12.8 Å². The van der Waals surface area contributed by atoms with Gasteiger partial charge in [0.15, 0.2) is 0 Å². The molecule has 9 heteroatoms. The second kappa shape index (κ2) is 6.33. The number of carboxylic acid groups (broad SMARTS) is 1. The lowest BCUT2D eigenvalue weighted by atomic mass is 10.2. The van der Waals surface area contributed by atoms with Gasteiger partial charge in [-0.3, -0.25) is 24.4 Å². The van der Waals surface area contributed by atoms with E-state index in [1.165, 1.54) is 4.90 Å². The van der Waals surface area contributed by atoms with Gasteiger partial charge in [-0.25, -0.2) is 0 Å². The number of hydrogen-bond donors (Lipinski definition) is 1. The first-order valence-corrected chi connectivity index (χ1v) is 6.65. The molecule has 21 heavy (non-hydrogen) atoms. The highest BCUT2D eigenvalue weighted by Crippen LogP contribution is 2.23. The first-order chi connectivity index (χ1) is 9.97. The summed E-state index contributed by atoms with van der Waals surface area (Å²) in [5.74, 6) is -1.45. The number of aromatic nitrogens is 2. The number of aliphatic carboxylic acids is 1. The molecule has 1 saturated carbocycles. The summed E-state index contributed by atoms with van der Waals surface area (Å²) in [7, 11) is 0. The zero-order valence-electron chi connectivity index (χ0n) is 11.3. The molecule has 0 aromatic carbocycles. The van der Waals surface area contributed by atoms with E-state index in [-0.39, 0.29) is 30.7 Å². The summed E-state index contributed by atoms with van der Waals surface area (Å²) in [6.07, 6.45) is 5.75. The van der Waals surface area contributed by atoms with Crippen LogP contribution in [0.2, 0.25) is 0 Å². The first-order valence-electron chi connectivity index (χ1n) is 6.65. The Morgan fingerprint density at radius 2 is 2.14 bits per heavy atom. The quantitative estimate of drug-likeness (QED) is 0.608. The molecule has 0 spiro atoms. The number of carbonyl (C=O) groups excluding carboxylic acids is 1. The number of nitrogens with zero attached hydrogens (tertiary/aromatic N) is 4. The second-order valence-electron chi connectivity index (χ2n) is 5.01. The highest BCUT2D eigenvalue weighted by Gasteiger charge is 2.28. The molecule has 1 N–H and O–H groups in total. The molecule has 9 nitrogen and oxygen atoms in total. The van der Waals surface area contributed by atoms with Crippen LogP contribution in [0.3, 0.4) is 0 Å². The van der Waals surface area contributed by atoms with Gasteiger partial charge in [0.25, 0.3) is 0 Å². The van der Waals surface area contributed by atoms with Crippen LogP contribution in [0.1, 0.15) is 25.7 Å². The molecular weight excluding hydrogens is 280 g/mol. The van der Waals surface area contributed by atoms with Crippen LogP contribution in [-0.2, 0) is 16.1 Å². The van der Waals surface area contributed by atoms with Crippen molar-refractivity contribution in [2.75, 3.05) is 6.54 Å². The van der Waals surface area contributed by atoms with Crippen molar-refractivity contribution in [3.8, 4) is 0 Å². The van der Waals surface area contributed by atoms with Gasteiger partial charge in [0.1, 0.15) is 25.5 Å². The molecule has 114 valence electrons. The molecule has 1 aliphatic rings. The summed E-state index contributed by atoms with van der Waals surface area (Å²) in [6, 6.07) is -0.0702. The Morgan fingerprint density at radius 1 is 1.48 bits per heavy atom. The van der Waals surface area contributed by atoms with Crippen LogP contribution in [-0.4, -0.2) is 49.2 Å². The lowest BCUT2D eigenvalue weighted by molar-refractivity contribution is -0.385. The first kappa shape index (κ1) is 14.9. The SMILES string of the molecule is O=C(O)CN(C(=O)Cn1cc([N+](=O)[O-])cn1)C1CCCC1. The van der Waals surface area contributed by atoms with Gasteiger partial charge in [-0.15, -0.1) is 0 Å². The predicted molar refractivity (Wildman–Crippen MR) is 70.5 cm³/mol. The third-order valence-electron chi connectivity index (χ3n) is 3.52. The molecule has 1 heterocycles. The summed E-state index contributed by atoms with van der Waals surface area (Å²) in [5, 5.41) is 23.2. The van der Waals surface area contributed by atoms with Crippen LogP contribution in [0.4, 0.5) is 5.69 Å². The Kier molecular flexibility index (Phi) is 4.51. The highest BCUT2D eigenvalue weighted by molar-refractivity contribution is 5.81. The number of carbonyl (C=O) groups is 2. The summed E-state index contributed by atoms with van der Waals surface area (Å²) in [5.41, 5.74) is -0.201. The van der Waals surface area contributed by atoms with E-state index in [0.717, 1.165) is 42.8 Å². The molecule has 1 amide bonds. The molecule has 2 rings (SSSR count). The predicted octanol–water partition coefficient (Wildman–Crippen LogP) is 0.647. The molecule has 1 aromatic heterocycles. The van der Waals surface area contributed by atoms with Crippen LogP contribution in [0.25, 0.3) is 0 Å². The zero-order chi connectivity index (χ0) is 15.4. The largest absolute Gasteiger partial charge is 0.480 e. The smallest absolute Gasteiger partial charge is 0.323 e. The maximum absolute atomic E-state index is 12.2. The summed E-state index contributed by atoms with van der Waals surface area (Å²) in [4.78, 5) is 34.5. The van der Waals surface area contributed by atoms with Gasteiger partial charge < -0.3 is 10.0 Å². The third-order valence-corrected chi connectivity index (χ3v) is 3.52. The standard InChI is InChI=1S/C12H16N4O5/c17-11(7-14-6-10(5-13-14)16(20)21)15(8-12(18)19)9-3-1-2-4-9/h5-6,9H,1-4,7-8H2,(H,18,19). The molecule has 1 aromatic rings. The van der Waals surface area contributed by atoms with Crippen molar-refractivity contribution in [3.63, 3.8) is 0 Å².